The van der Waals surface area contributed by atoms with E-state index in [1.165, 1.54) is 21.9 Å². The Morgan fingerprint density at radius 2 is 0.693 bits per heavy atom. The molecule has 0 saturated heterocycles. The molecule has 0 amide bonds. The number of fused-ring (bicyclic) bond motifs is 9. The SMILES string of the molecule is Cc1cccc(C)c1-c1nc(-c2cc(-n3c4cccnc4c4ncccc43)c(-n3c4ccc(C(C)(C)C)cc4c4cc(C(C)(C)C)ccc43)c(-n3c4cccnc4c4ncccc43)c2)nc(-c2c(C)cccc2C)n1. The summed E-state index contributed by atoms with van der Waals surface area (Å²) in [5, 5.41) is 2.35. The summed E-state index contributed by atoms with van der Waals surface area (Å²) in [6.07, 6.45) is 7.40. The normalized spacial score (nSPS) is 12.4. The second-order valence-electron chi connectivity index (χ2n) is 22.2. The Hall–Kier alpha value is -8.89. The van der Waals surface area contributed by atoms with E-state index in [0.29, 0.717) is 17.5 Å². The molecule has 0 N–H and O–H groups in total. The highest BCUT2D eigenvalue weighted by Crippen LogP contribution is 2.46. The van der Waals surface area contributed by atoms with Gasteiger partial charge in [-0.2, -0.15) is 0 Å². The number of benzene rings is 5. The maximum Gasteiger partial charge on any atom is 0.164 e. The standard InChI is InChI=1S/C65H56N10/c1-37-17-11-18-38(2)54(37)62-70-61(71-63(72-62)55-39(3)19-12-20-40(55)4)41-33-52(73-48-21-13-29-66-56(48)57-49(73)22-14-30-67-57)60(53(34-41)74-50-23-15-31-68-58(50)59-51(74)24-16-32-69-59)75-46-27-25-42(64(5,6)7)35-44(46)45-36-43(65(8,9)10)26-28-47(45)75/h11-36H,1-10H3. The minimum Gasteiger partial charge on any atom is -0.305 e. The fourth-order valence-electron chi connectivity index (χ4n) is 11.4. The molecular formula is C65H56N10. The van der Waals surface area contributed by atoms with E-state index in [9.17, 15) is 0 Å². The lowest BCUT2D eigenvalue weighted by atomic mass is 9.85. The molecule has 5 aromatic carbocycles. The molecule has 13 rings (SSSR count). The predicted molar refractivity (Wildman–Crippen MR) is 307 cm³/mol. The maximum atomic E-state index is 5.54. The number of aryl methyl sites for hydroxylation is 4. The van der Waals surface area contributed by atoms with Crippen molar-refractivity contribution in [3.63, 3.8) is 0 Å². The molecular weight excluding hydrogens is 921 g/mol. The van der Waals surface area contributed by atoms with Crippen molar-refractivity contribution in [1.29, 1.82) is 0 Å². The zero-order valence-electron chi connectivity index (χ0n) is 44.0. The van der Waals surface area contributed by atoms with E-state index < -0.39 is 0 Å². The number of pyridine rings is 4. The first-order valence-corrected chi connectivity index (χ1v) is 25.7. The van der Waals surface area contributed by atoms with Gasteiger partial charge in [0.1, 0.15) is 22.1 Å². The first-order valence-electron chi connectivity index (χ1n) is 25.7. The van der Waals surface area contributed by atoms with Gasteiger partial charge in [-0.25, -0.2) is 15.0 Å². The van der Waals surface area contributed by atoms with Crippen molar-refractivity contribution in [3.8, 4) is 51.2 Å². The Morgan fingerprint density at radius 3 is 1.04 bits per heavy atom. The molecule has 0 aliphatic rings. The van der Waals surface area contributed by atoms with Crippen molar-refractivity contribution in [3.05, 3.63) is 192 Å². The van der Waals surface area contributed by atoms with Crippen molar-refractivity contribution >= 4 is 65.9 Å². The van der Waals surface area contributed by atoms with Crippen LogP contribution in [0.4, 0.5) is 0 Å². The topological polar surface area (TPSA) is 105 Å². The van der Waals surface area contributed by atoms with Crippen molar-refractivity contribution in [1.82, 2.24) is 48.6 Å². The van der Waals surface area contributed by atoms with Crippen molar-refractivity contribution in [2.24, 2.45) is 0 Å². The van der Waals surface area contributed by atoms with E-state index in [1.807, 2.05) is 49.1 Å². The number of hydrogen-bond donors (Lipinski definition) is 0. The van der Waals surface area contributed by atoms with E-state index in [0.717, 1.165) is 111 Å². The van der Waals surface area contributed by atoms with E-state index in [2.05, 4.69) is 192 Å². The van der Waals surface area contributed by atoms with Crippen LogP contribution < -0.4 is 0 Å². The average molecular weight is 977 g/mol. The van der Waals surface area contributed by atoms with Gasteiger partial charge >= 0.3 is 0 Å². The van der Waals surface area contributed by atoms with Gasteiger partial charge < -0.3 is 13.7 Å². The van der Waals surface area contributed by atoms with Crippen LogP contribution in [-0.2, 0) is 10.8 Å². The molecule has 0 unspecified atom stereocenters. The average Bonchev–Trinajstić information content (AvgIpc) is 4.05. The highest BCUT2D eigenvalue weighted by atomic mass is 15.1. The van der Waals surface area contributed by atoms with Crippen LogP contribution >= 0.6 is 0 Å². The Morgan fingerprint density at radius 1 is 0.347 bits per heavy atom. The zero-order chi connectivity index (χ0) is 51.7. The third kappa shape index (κ3) is 7.25. The third-order valence-electron chi connectivity index (χ3n) is 15.1. The maximum absolute atomic E-state index is 5.54. The van der Waals surface area contributed by atoms with Gasteiger partial charge in [-0.05, 0) is 157 Å². The van der Waals surface area contributed by atoms with Crippen LogP contribution in [-0.4, -0.2) is 48.6 Å². The predicted octanol–water partition coefficient (Wildman–Crippen LogP) is 15.6. The second-order valence-corrected chi connectivity index (χ2v) is 22.2. The summed E-state index contributed by atoms with van der Waals surface area (Å²) < 4.78 is 7.15. The molecule has 0 radical (unpaired) electrons. The number of nitrogens with zero attached hydrogens (tertiary/aromatic N) is 10. The summed E-state index contributed by atoms with van der Waals surface area (Å²) in [5.41, 5.74) is 21.2. The van der Waals surface area contributed by atoms with Crippen LogP contribution in [0.1, 0.15) is 74.9 Å². The van der Waals surface area contributed by atoms with Gasteiger partial charge in [-0.1, -0.05) is 90.1 Å². The fourth-order valence-corrected chi connectivity index (χ4v) is 11.4. The van der Waals surface area contributed by atoms with Crippen LogP contribution in [0.15, 0.2) is 158 Å². The van der Waals surface area contributed by atoms with Crippen molar-refractivity contribution in [2.75, 3.05) is 0 Å². The largest absolute Gasteiger partial charge is 0.305 e. The Balaban J connectivity index is 1.27. The van der Waals surface area contributed by atoms with Gasteiger partial charge in [0.05, 0.1) is 50.2 Å². The molecule has 75 heavy (non-hydrogen) atoms. The summed E-state index contributed by atoms with van der Waals surface area (Å²) in [7, 11) is 0. The van der Waals surface area contributed by atoms with E-state index in [1.54, 1.807) is 0 Å². The van der Waals surface area contributed by atoms with Gasteiger partial charge in [-0.15, -0.1) is 0 Å². The van der Waals surface area contributed by atoms with Gasteiger partial charge in [0.25, 0.3) is 0 Å². The molecule has 8 heterocycles. The van der Waals surface area contributed by atoms with Crippen LogP contribution in [0, 0.1) is 27.7 Å². The van der Waals surface area contributed by atoms with Gasteiger partial charge in [-0.3, -0.25) is 19.9 Å². The molecule has 8 aromatic heterocycles. The van der Waals surface area contributed by atoms with E-state index in [4.69, 9.17) is 34.9 Å². The van der Waals surface area contributed by atoms with Crippen LogP contribution in [0.5, 0.6) is 0 Å². The highest BCUT2D eigenvalue weighted by Gasteiger charge is 2.30. The molecule has 0 aliphatic carbocycles. The lowest BCUT2D eigenvalue weighted by molar-refractivity contribution is 0.590. The van der Waals surface area contributed by atoms with Gasteiger partial charge in [0, 0.05) is 52.3 Å². The highest BCUT2D eigenvalue weighted by molar-refractivity contribution is 6.12. The third-order valence-corrected chi connectivity index (χ3v) is 15.1. The second kappa shape index (κ2) is 16.8. The number of rotatable bonds is 6. The quantitative estimate of drug-likeness (QED) is 0.163. The Bertz CT molecular complexity index is 4080. The van der Waals surface area contributed by atoms with Crippen LogP contribution in [0.3, 0.4) is 0 Å². The molecule has 366 valence electrons. The Kier molecular flexibility index (Phi) is 10.3. The minimum absolute atomic E-state index is 0.0932. The zero-order valence-corrected chi connectivity index (χ0v) is 44.0. The summed E-state index contributed by atoms with van der Waals surface area (Å²) in [5.74, 6) is 1.76. The molecule has 13 aromatic rings. The monoisotopic (exact) mass is 976 g/mol. The van der Waals surface area contributed by atoms with Crippen LogP contribution in [0.25, 0.3) is 117 Å². The summed E-state index contributed by atoms with van der Waals surface area (Å²) in [6, 6.07) is 47.9. The molecule has 0 aliphatic heterocycles. The molecule has 0 atom stereocenters. The fraction of sp³-hybridized carbons (Fsp3) is 0.185. The summed E-state index contributed by atoms with van der Waals surface area (Å²) >= 11 is 0. The van der Waals surface area contributed by atoms with Gasteiger partial charge in [0.15, 0.2) is 17.5 Å². The first kappa shape index (κ1) is 45.9. The molecule has 10 nitrogen and oxygen atoms in total. The lowest BCUT2D eigenvalue weighted by Crippen LogP contribution is -2.12. The summed E-state index contributed by atoms with van der Waals surface area (Å²) in [6.45, 7) is 22.2. The van der Waals surface area contributed by atoms with Crippen LogP contribution in [0.2, 0.25) is 0 Å². The smallest absolute Gasteiger partial charge is 0.164 e. The van der Waals surface area contributed by atoms with Gasteiger partial charge in [0.2, 0.25) is 0 Å². The summed E-state index contributed by atoms with van der Waals surface area (Å²) in [4.78, 5) is 36.5. The molecule has 10 heteroatoms. The number of aromatic nitrogens is 10. The molecule has 0 bridgehead atoms. The Labute approximate surface area is 435 Å². The van der Waals surface area contributed by atoms with Crippen molar-refractivity contribution < 1.29 is 0 Å². The lowest BCUT2D eigenvalue weighted by Gasteiger charge is -2.24. The number of hydrogen-bond acceptors (Lipinski definition) is 7. The minimum atomic E-state index is -0.0932. The van der Waals surface area contributed by atoms with Crippen molar-refractivity contribution in [2.45, 2.75) is 80.1 Å². The first-order chi connectivity index (χ1) is 36.1. The molecule has 0 fully saturated rings. The molecule has 0 spiro atoms. The van der Waals surface area contributed by atoms with E-state index in [-0.39, 0.29) is 10.8 Å². The molecule has 0 saturated carbocycles. The van der Waals surface area contributed by atoms with E-state index >= 15 is 0 Å².